The van der Waals surface area contributed by atoms with Crippen molar-refractivity contribution in [3.63, 3.8) is 0 Å². The van der Waals surface area contributed by atoms with Gasteiger partial charge in [-0.15, -0.1) is 0 Å². The Labute approximate surface area is 150 Å². The summed E-state index contributed by atoms with van der Waals surface area (Å²) in [4.78, 5) is 16.5. The minimum absolute atomic E-state index is 0.212. The van der Waals surface area contributed by atoms with Crippen LogP contribution in [0.15, 0.2) is 55.0 Å². The molecule has 0 radical (unpaired) electrons. The highest BCUT2D eigenvalue weighted by atomic mass is 16.6. The second-order valence-electron chi connectivity index (χ2n) is 5.83. The first-order chi connectivity index (χ1) is 12.8. The number of fused-ring (bicyclic) bond motifs is 1. The van der Waals surface area contributed by atoms with Crippen molar-refractivity contribution in [3.8, 4) is 17.2 Å². The molecule has 7 nitrogen and oxygen atoms in total. The van der Waals surface area contributed by atoms with Gasteiger partial charge in [0.2, 0.25) is 0 Å². The third-order valence-electron chi connectivity index (χ3n) is 4.05. The molecule has 2 aromatic heterocycles. The predicted molar refractivity (Wildman–Crippen MR) is 94.8 cm³/mol. The van der Waals surface area contributed by atoms with Crippen LogP contribution in [-0.2, 0) is 6.42 Å². The number of carbonyl (C=O) groups is 1. The van der Waals surface area contributed by atoms with Gasteiger partial charge >= 0.3 is 0 Å². The van der Waals surface area contributed by atoms with E-state index in [4.69, 9.17) is 9.47 Å². The van der Waals surface area contributed by atoms with E-state index in [2.05, 4.69) is 15.4 Å². The molecule has 132 valence electrons. The molecule has 0 saturated carbocycles. The van der Waals surface area contributed by atoms with E-state index < -0.39 is 0 Å². The zero-order valence-electron chi connectivity index (χ0n) is 14.1. The van der Waals surface area contributed by atoms with Crippen LogP contribution in [0.3, 0.4) is 0 Å². The van der Waals surface area contributed by atoms with Gasteiger partial charge in [-0.3, -0.25) is 9.78 Å². The molecule has 0 aliphatic carbocycles. The van der Waals surface area contributed by atoms with Crippen LogP contribution >= 0.6 is 0 Å². The van der Waals surface area contributed by atoms with Gasteiger partial charge in [-0.05, 0) is 42.3 Å². The second kappa shape index (κ2) is 7.26. The van der Waals surface area contributed by atoms with Gasteiger partial charge in [0.05, 0.1) is 5.69 Å². The average molecular weight is 350 g/mol. The second-order valence-corrected chi connectivity index (χ2v) is 5.83. The lowest BCUT2D eigenvalue weighted by molar-refractivity contribution is 0.0949. The van der Waals surface area contributed by atoms with Crippen molar-refractivity contribution >= 4 is 5.91 Å². The molecule has 0 spiro atoms. The Morgan fingerprint density at radius 2 is 2.00 bits per heavy atom. The van der Waals surface area contributed by atoms with Crippen LogP contribution < -0.4 is 14.8 Å². The quantitative estimate of drug-likeness (QED) is 0.762. The predicted octanol–water partition coefficient (Wildman–Crippen LogP) is 2.01. The normalized spacial score (nSPS) is 12.6. The number of amides is 1. The Kier molecular flexibility index (Phi) is 4.51. The van der Waals surface area contributed by atoms with Gasteiger partial charge in [0, 0.05) is 25.1 Å². The SMILES string of the molecule is O=C(NCCc1ccc2c(c1)OCCO2)c1cc(-n2cccn2)ccn1. The summed E-state index contributed by atoms with van der Waals surface area (Å²) in [6.07, 6.45) is 5.81. The van der Waals surface area contributed by atoms with Crippen LogP contribution in [0.4, 0.5) is 0 Å². The largest absolute Gasteiger partial charge is 0.486 e. The molecule has 1 amide bonds. The fourth-order valence-corrected chi connectivity index (χ4v) is 2.76. The minimum atomic E-state index is -0.212. The van der Waals surface area contributed by atoms with Gasteiger partial charge in [0.15, 0.2) is 11.5 Å². The number of pyridine rings is 1. The molecule has 1 aromatic carbocycles. The molecular weight excluding hydrogens is 332 g/mol. The first-order valence-electron chi connectivity index (χ1n) is 8.42. The molecule has 0 fully saturated rings. The van der Waals surface area contributed by atoms with Crippen molar-refractivity contribution in [1.82, 2.24) is 20.1 Å². The molecule has 1 N–H and O–H groups in total. The van der Waals surface area contributed by atoms with Crippen molar-refractivity contribution in [2.75, 3.05) is 19.8 Å². The van der Waals surface area contributed by atoms with E-state index in [1.54, 1.807) is 29.2 Å². The highest BCUT2D eigenvalue weighted by Crippen LogP contribution is 2.30. The number of benzene rings is 1. The van der Waals surface area contributed by atoms with Crippen molar-refractivity contribution in [2.45, 2.75) is 6.42 Å². The number of carbonyl (C=O) groups excluding carboxylic acids is 1. The third-order valence-corrected chi connectivity index (χ3v) is 4.05. The summed E-state index contributed by atoms with van der Waals surface area (Å²) >= 11 is 0. The van der Waals surface area contributed by atoms with Gasteiger partial charge in [-0.25, -0.2) is 4.68 Å². The zero-order chi connectivity index (χ0) is 17.8. The number of rotatable bonds is 5. The average Bonchev–Trinajstić information content (AvgIpc) is 3.23. The minimum Gasteiger partial charge on any atom is -0.486 e. The maximum Gasteiger partial charge on any atom is 0.269 e. The number of nitrogens with zero attached hydrogens (tertiary/aromatic N) is 3. The van der Waals surface area contributed by atoms with E-state index in [9.17, 15) is 4.79 Å². The number of hydrogen-bond acceptors (Lipinski definition) is 5. The Bertz CT molecular complexity index is 909. The van der Waals surface area contributed by atoms with E-state index in [1.807, 2.05) is 30.5 Å². The smallest absolute Gasteiger partial charge is 0.269 e. The Balaban J connectivity index is 1.36. The number of nitrogens with one attached hydrogen (secondary N) is 1. The van der Waals surface area contributed by atoms with Crippen LogP contribution in [0.2, 0.25) is 0 Å². The molecule has 1 aliphatic heterocycles. The highest BCUT2D eigenvalue weighted by molar-refractivity contribution is 5.92. The van der Waals surface area contributed by atoms with Crippen molar-refractivity contribution in [3.05, 3.63) is 66.2 Å². The molecule has 0 unspecified atom stereocenters. The maximum atomic E-state index is 12.3. The fourth-order valence-electron chi connectivity index (χ4n) is 2.76. The number of hydrogen-bond donors (Lipinski definition) is 1. The summed E-state index contributed by atoms with van der Waals surface area (Å²) in [7, 11) is 0. The summed E-state index contributed by atoms with van der Waals surface area (Å²) in [5, 5.41) is 7.06. The molecule has 3 aromatic rings. The molecule has 7 heteroatoms. The topological polar surface area (TPSA) is 78.3 Å². The summed E-state index contributed by atoms with van der Waals surface area (Å²) < 4.78 is 12.8. The first-order valence-corrected chi connectivity index (χ1v) is 8.42. The lowest BCUT2D eigenvalue weighted by Gasteiger charge is -2.18. The summed E-state index contributed by atoms with van der Waals surface area (Å²) in [5.41, 5.74) is 2.23. The monoisotopic (exact) mass is 350 g/mol. The highest BCUT2D eigenvalue weighted by Gasteiger charge is 2.12. The lowest BCUT2D eigenvalue weighted by atomic mass is 10.1. The summed E-state index contributed by atoms with van der Waals surface area (Å²) in [6.45, 7) is 1.64. The van der Waals surface area contributed by atoms with Crippen LogP contribution in [-0.4, -0.2) is 40.4 Å². The Hall–Kier alpha value is -3.35. The molecule has 4 rings (SSSR count). The van der Waals surface area contributed by atoms with Gasteiger partial charge in [-0.1, -0.05) is 6.07 Å². The molecule has 1 aliphatic rings. The van der Waals surface area contributed by atoms with Gasteiger partial charge in [-0.2, -0.15) is 5.10 Å². The number of aromatic nitrogens is 3. The van der Waals surface area contributed by atoms with Gasteiger partial charge in [0.25, 0.3) is 5.91 Å². The van der Waals surface area contributed by atoms with Crippen molar-refractivity contribution in [2.24, 2.45) is 0 Å². The van der Waals surface area contributed by atoms with Crippen LogP contribution in [0.1, 0.15) is 16.1 Å². The maximum absolute atomic E-state index is 12.3. The number of ether oxygens (including phenoxy) is 2. The van der Waals surface area contributed by atoms with E-state index in [0.717, 1.165) is 22.7 Å². The molecular formula is C19H18N4O3. The summed E-state index contributed by atoms with van der Waals surface area (Å²) in [6, 6.07) is 11.2. The van der Waals surface area contributed by atoms with E-state index >= 15 is 0 Å². The van der Waals surface area contributed by atoms with E-state index in [1.165, 1.54) is 0 Å². The van der Waals surface area contributed by atoms with Gasteiger partial charge < -0.3 is 14.8 Å². The van der Waals surface area contributed by atoms with Crippen LogP contribution in [0, 0.1) is 0 Å². The molecule has 26 heavy (non-hydrogen) atoms. The van der Waals surface area contributed by atoms with E-state index in [0.29, 0.717) is 31.9 Å². The lowest BCUT2D eigenvalue weighted by Crippen LogP contribution is -2.26. The standard InChI is InChI=1S/C19H18N4O3/c24-19(16-13-15(5-8-20-16)23-9-1-6-22-23)21-7-4-14-2-3-17-18(12-14)26-11-10-25-17/h1-3,5-6,8-9,12-13H,4,7,10-11H2,(H,21,24). The van der Waals surface area contributed by atoms with Gasteiger partial charge in [0.1, 0.15) is 18.9 Å². The molecule has 0 saturated heterocycles. The zero-order valence-corrected chi connectivity index (χ0v) is 14.1. The molecule has 3 heterocycles. The Morgan fingerprint density at radius 1 is 1.12 bits per heavy atom. The Morgan fingerprint density at radius 3 is 2.85 bits per heavy atom. The first kappa shape index (κ1) is 16.1. The van der Waals surface area contributed by atoms with E-state index in [-0.39, 0.29) is 5.91 Å². The molecule has 0 bridgehead atoms. The van der Waals surface area contributed by atoms with Crippen LogP contribution in [0.5, 0.6) is 11.5 Å². The summed E-state index contributed by atoms with van der Waals surface area (Å²) in [5.74, 6) is 1.31. The van der Waals surface area contributed by atoms with Crippen molar-refractivity contribution in [1.29, 1.82) is 0 Å². The fraction of sp³-hybridized carbons (Fsp3) is 0.211. The van der Waals surface area contributed by atoms with Crippen LogP contribution in [0.25, 0.3) is 5.69 Å². The molecule has 0 atom stereocenters. The van der Waals surface area contributed by atoms with Crippen molar-refractivity contribution < 1.29 is 14.3 Å². The third kappa shape index (κ3) is 3.51.